The number of nitrogens with zero attached hydrogens (tertiary/aromatic N) is 1. The lowest BCUT2D eigenvalue weighted by Crippen LogP contribution is -2.48. The van der Waals surface area contributed by atoms with Crippen molar-refractivity contribution < 1.29 is 9.59 Å². The highest BCUT2D eigenvalue weighted by Gasteiger charge is 2.27. The molecule has 0 spiro atoms. The van der Waals surface area contributed by atoms with Crippen LogP contribution in [0.4, 0.5) is 0 Å². The van der Waals surface area contributed by atoms with Crippen LogP contribution < -0.4 is 5.32 Å². The van der Waals surface area contributed by atoms with Crippen molar-refractivity contribution in [2.75, 3.05) is 7.05 Å². The quantitative estimate of drug-likeness (QED) is 0.791. The molecule has 4 nitrogen and oxygen atoms in total. The number of rotatable bonds is 8. The van der Waals surface area contributed by atoms with Crippen LogP contribution in [0.3, 0.4) is 0 Å². The number of likely N-dealkylation sites (N-methyl/N-ethyl adjacent to an activating group) is 1. The molecule has 0 unspecified atom stereocenters. The summed E-state index contributed by atoms with van der Waals surface area (Å²) in [5, 5.41) is 2.69. The fraction of sp³-hybridized carbons (Fsp3) is 0.364. The number of nitrogens with one attached hydrogen (secondary N) is 1. The lowest BCUT2D eigenvalue weighted by molar-refractivity contribution is -0.141. The van der Waals surface area contributed by atoms with E-state index in [4.69, 9.17) is 0 Å². The fourth-order valence-corrected chi connectivity index (χ4v) is 3.13. The van der Waals surface area contributed by atoms with Crippen molar-refractivity contribution in [2.24, 2.45) is 0 Å². The molecule has 0 aliphatic carbocycles. The predicted molar refractivity (Wildman–Crippen MR) is 105 cm³/mol. The average Bonchev–Trinajstić information content (AvgIpc) is 2.66. The molecule has 1 atom stereocenters. The second kappa shape index (κ2) is 9.76. The first-order valence-corrected chi connectivity index (χ1v) is 9.15. The minimum atomic E-state index is -0.455. The zero-order chi connectivity index (χ0) is 18.9. The van der Waals surface area contributed by atoms with E-state index in [2.05, 4.69) is 11.4 Å². The number of hydrogen-bond donors (Lipinski definition) is 1. The SMILES string of the molecule is CC[C@H](C(=O)NC)N(Cc1cccc(C)c1)C(=O)CCc1ccccc1. The Balaban J connectivity index is 2.17. The Labute approximate surface area is 156 Å². The highest BCUT2D eigenvalue weighted by molar-refractivity contribution is 5.87. The summed E-state index contributed by atoms with van der Waals surface area (Å²) >= 11 is 0. The van der Waals surface area contributed by atoms with E-state index >= 15 is 0 Å². The van der Waals surface area contributed by atoms with Gasteiger partial charge in [-0.25, -0.2) is 0 Å². The van der Waals surface area contributed by atoms with Gasteiger partial charge in [0.2, 0.25) is 11.8 Å². The van der Waals surface area contributed by atoms with Crippen molar-refractivity contribution in [3.63, 3.8) is 0 Å². The number of benzene rings is 2. The maximum Gasteiger partial charge on any atom is 0.242 e. The number of carbonyl (C=O) groups excluding carboxylic acids is 2. The van der Waals surface area contributed by atoms with Crippen LogP contribution in [0, 0.1) is 6.92 Å². The molecule has 2 aromatic carbocycles. The summed E-state index contributed by atoms with van der Waals surface area (Å²) in [5.74, 6) is -0.112. The van der Waals surface area contributed by atoms with Gasteiger partial charge in [0, 0.05) is 20.0 Å². The van der Waals surface area contributed by atoms with Crippen molar-refractivity contribution in [1.82, 2.24) is 10.2 Å². The van der Waals surface area contributed by atoms with E-state index < -0.39 is 6.04 Å². The van der Waals surface area contributed by atoms with Crippen LogP contribution >= 0.6 is 0 Å². The maximum atomic E-state index is 13.0. The zero-order valence-electron chi connectivity index (χ0n) is 15.9. The van der Waals surface area contributed by atoms with Crippen molar-refractivity contribution >= 4 is 11.8 Å². The molecular weight excluding hydrogens is 324 g/mol. The molecule has 2 aromatic rings. The van der Waals surface area contributed by atoms with E-state index in [1.807, 2.05) is 62.4 Å². The lowest BCUT2D eigenvalue weighted by atomic mass is 10.1. The van der Waals surface area contributed by atoms with Crippen molar-refractivity contribution in [3.8, 4) is 0 Å². The molecule has 0 saturated carbocycles. The summed E-state index contributed by atoms with van der Waals surface area (Å²) in [5.41, 5.74) is 3.32. The van der Waals surface area contributed by atoms with Gasteiger partial charge in [0.15, 0.2) is 0 Å². The zero-order valence-corrected chi connectivity index (χ0v) is 15.9. The lowest BCUT2D eigenvalue weighted by Gasteiger charge is -2.30. The van der Waals surface area contributed by atoms with E-state index in [1.165, 1.54) is 0 Å². The summed E-state index contributed by atoms with van der Waals surface area (Å²) in [6.07, 6.45) is 1.65. The molecule has 0 aromatic heterocycles. The number of aryl methyl sites for hydroxylation is 2. The fourth-order valence-electron chi connectivity index (χ4n) is 3.13. The Morgan fingerprint density at radius 2 is 1.73 bits per heavy atom. The van der Waals surface area contributed by atoms with Crippen LogP contribution in [0.25, 0.3) is 0 Å². The molecular formula is C22H28N2O2. The second-order valence-corrected chi connectivity index (χ2v) is 6.53. The van der Waals surface area contributed by atoms with Crippen molar-refractivity contribution in [3.05, 3.63) is 71.3 Å². The smallest absolute Gasteiger partial charge is 0.242 e. The Bertz CT molecular complexity index is 728. The van der Waals surface area contributed by atoms with Gasteiger partial charge in [0.1, 0.15) is 6.04 Å². The summed E-state index contributed by atoms with van der Waals surface area (Å²) in [6.45, 7) is 4.41. The molecule has 4 heteroatoms. The van der Waals surface area contributed by atoms with E-state index in [9.17, 15) is 9.59 Å². The summed E-state index contributed by atoms with van der Waals surface area (Å²) < 4.78 is 0. The van der Waals surface area contributed by atoms with Gasteiger partial charge in [-0.1, -0.05) is 67.1 Å². The van der Waals surface area contributed by atoms with Crippen LogP contribution in [-0.4, -0.2) is 29.8 Å². The first-order valence-electron chi connectivity index (χ1n) is 9.15. The topological polar surface area (TPSA) is 49.4 Å². The molecule has 0 aliphatic heterocycles. The van der Waals surface area contributed by atoms with Gasteiger partial charge in [-0.2, -0.15) is 0 Å². The van der Waals surface area contributed by atoms with Gasteiger partial charge in [-0.15, -0.1) is 0 Å². The average molecular weight is 352 g/mol. The molecule has 0 aliphatic rings. The molecule has 0 bridgehead atoms. The van der Waals surface area contributed by atoms with E-state index in [1.54, 1.807) is 11.9 Å². The van der Waals surface area contributed by atoms with Gasteiger partial charge in [0.05, 0.1) is 0 Å². The van der Waals surface area contributed by atoms with E-state index in [0.717, 1.165) is 16.7 Å². The minimum Gasteiger partial charge on any atom is -0.357 e. The van der Waals surface area contributed by atoms with E-state index in [-0.39, 0.29) is 11.8 Å². The number of amides is 2. The van der Waals surface area contributed by atoms with Gasteiger partial charge in [0.25, 0.3) is 0 Å². The molecule has 0 saturated heterocycles. The van der Waals surface area contributed by atoms with Crippen molar-refractivity contribution in [1.29, 1.82) is 0 Å². The van der Waals surface area contributed by atoms with Gasteiger partial charge < -0.3 is 10.2 Å². The molecule has 2 amide bonds. The van der Waals surface area contributed by atoms with Crippen molar-refractivity contribution in [2.45, 2.75) is 45.7 Å². The normalized spacial score (nSPS) is 11.7. The summed E-state index contributed by atoms with van der Waals surface area (Å²) in [7, 11) is 1.62. The Hall–Kier alpha value is -2.62. The third-order valence-electron chi connectivity index (χ3n) is 4.54. The second-order valence-electron chi connectivity index (χ2n) is 6.53. The Morgan fingerprint density at radius 3 is 2.35 bits per heavy atom. The van der Waals surface area contributed by atoms with Crippen LogP contribution in [0.2, 0.25) is 0 Å². The standard InChI is InChI=1S/C22H28N2O2/c1-4-20(22(26)23-3)24(16-19-12-8-9-17(2)15-19)21(25)14-13-18-10-6-5-7-11-18/h5-12,15,20H,4,13-14,16H2,1-3H3,(H,23,26)/t20-/m1/s1. The first-order chi connectivity index (χ1) is 12.5. The summed E-state index contributed by atoms with van der Waals surface area (Å²) in [4.78, 5) is 27.0. The monoisotopic (exact) mass is 352 g/mol. The number of hydrogen-bond acceptors (Lipinski definition) is 2. The van der Waals surface area contributed by atoms with Crippen LogP contribution in [-0.2, 0) is 22.6 Å². The van der Waals surface area contributed by atoms with Gasteiger partial charge in [-0.3, -0.25) is 9.59 Å². The maximum absolute atomic E-state index is 13.0. The third-order valence-corrected chi connectivity index (χ3v) is 4.54. The highest BCUT2D eigenvalue weighted by Crippen LogP contribution is 2.16. The third kappa shape index (κ3) is 5.45. The molecule has 26 heavy (non-hydrogen) atoms. The minimum absolute atomic E-state index is 0.00538. The van der Waals surface area contributed by atoms with Crippen LogP contribution in [0.15, 0.2) is 54.6 Å². The largest absolute Gasteiger partial charge is 0.357 e. The molecule has 0 radical (unpaired) electrons. The summed E-state index contributed by atoms with van der Waals surface area (Å²) in [6, 6.07) is 17.6. The Morgan fingerprint density at radius 1 is 1.04 bits per heavy atom. The van der Waals surface area contributed by atoms with Gasteiger partial charge >= 0.3 is 0 Å². The highest BCUT2D eigenvalue weighted by atomic mass is 16.2. The molecule has 1 N–H and O–H groups in total. The molecule has 0 heterocycles. The number of carbonyl (C=O) groups is 2. The molecule has 138 valence electrons. The van der Waals surface area contributed by atoms with Crippen LogP contribution in [0.5, 0.6) is 0 Å². The first kappa shape index (κ1) is 19.7. The van der Waals surface area contributed by atoms with Gasteiger partial charge in [-0.05, 0) is 30.9 Å². The molecule has 2 rings (SSSR count). The molecule has 0 fully saturated rings. The van der Waals surface area contributed by atoms with E-state index in [0.29, 0.717) is 25.8 Å². The Kier molecular flexibility index (Phi) is 7.39. The van der Waals surface area contributed by atoms with Crippen LogP contribution in [0.1, 0.15) is 36.5 Å². The predicted octanol–water partition coefficient (Wildman–Crippen LogP) is 3.48.